The largest absolute Gasteiger partial charge is 0.352 e. The van der Waals surface area contributed by atoms with Crippen LogP contribution in [-0.2, 0) is 9.47 Å². The number of aromatic nitrogens is 2. The minimum absolute atomic E-state index is 0.301. The monoisotopic (exact) mass is 267 g/mol. The third-order valence-electron chi connectivity index (χ3n) is 3.90. The number of nitrogens with zero attached hydrogens (tertiary/aromatic N) is 3. The number of hydrogen-bond acceptors (Lipinski definition) is 4. The number of likely N-dealkylation sites (tertiary alicyclic amines) is 1. The molecule has 1 atom stereocenters. The zero-order chi connectivity index (χ0) is 13.8. The maximum Gasteiger partial charge on any atom is 0.186 e. The Morgan fingerprint density at radius 3 is 2.68 bits per heavy atom. The number of methoxy groups -OCH3 is 1. The number of hydrogen-bond donors (Lipinski definition) is 0. The quantitative estimate of drug-likeness (QED) is 0.766. The Kier molecular flexibility index (Phi) is 4.96. The zero-order valence-corrected chi connectivity index (χ0v) is 12.4. The van der Waals surface area contributed by atoms with Gasteiger partial charge in [-0.1, -0.05) is 0 Å². The second-order valence-corrected chi connectivity index (χ2v) is 5.19. The lowest BCUT2D eigenvalue weighted by Crippen LogP contribution is -2.32. The highest BCUT2D eigenvalue weighted by atomic mass is 16.7. The molecule has 1 saturated heterocycles. The van der Waals surface area contributed by atoms with E-state index in [1.165, 1.54) is 0 Å². The van der Waals surface area contributed by atoms with Crippen LogP contribution in [0.1, 0.15) is 43.4 Å². The van der Waals surface area contributed by atoms with Crippen molar-refractivity contribution in [3.63, 3.8) is 0 Å². The van der Waals surface area contributed by atoms with Crippen LogP contribution < -0.4 is 0 Å². The first-order valence-electron chi connectivity index (χ1n) is 7.04. The van der Waals surface area contributed by atoms with Gasteiger partial charge in [-0.15, -0.1) is 0 Å². The van der Waals surface area contributed by atoms with Crippen LogP contribution in [0.3, 0.4) is 0 Å². The van der Waals surface area contributed by atoms with Crippen LogP contribution in [0.4, 0.5) is 0 Å². The first-order valence-corrected chi connectivity index (χ1v) is 7.04. The smallest absolute Gasteiger partial charge is 0.186 e. The van der Waals surface area contributed by atoms with Crippen LogP contribution in [-0.4, -0.2) is 48.5 Å². The van der Waals surface area contributed by atoms with Gasteiger partial charge in [-0.05, 0) is 46.8 Å². The fraction of sp³-hybridized carbons (Fsp3) is 0.786. The van der Waals surface area contributed by atoms with Crippen LogP contribution in [0.15, 0.2) is 6.20 Å². The van der Waals surface area contributed by atoms with Gasteiger partial charge < -0.3 is 14.4 Å². The molecule has 5 nitrogen and oxygen atoms in total. The molecule has 2 heterocycles. The first-order chi connectivity index (χ1) is 9.17. The molecule has 0 saturated carbocycles. The molecule has 1 aliphatic rings. The first kappa shape index (κ1) is 14.5. The van der Waals surface area contributed by atoms with E-state index in [0.717, 1.165) is 37.2 Å². The average molecular weight is 267 g/mol. The van der Waals surface area contributed by atoms with E-state index in [0.29, 0.717) is 12.6 Å². The Bertz CT molecular complexity index is 397. The molecule has 2 rings (SSSR count). The van der Waals surface area contributed by atoms with Crippen molar-refractivity contribution < 1.29 is 9.47 Å². The Labute approximate surface area is 115 Å². The van der Waals surface area contributed by atoms with E-state index in [4.69, 9.17) is 9.47 Å². The highest BCUT2D eigenvalue weighted by Crippen LogP contribution is 2.27. The lowest BCUT2D eigenvalue weighted by atomic mass is 10.1. The van der Waals surface area contributed by atoms with Gasteiger partial charge in [0.05, 0.1) is 12.2 Å². The predicted octanol–water partition coefficient (Wildman–Crippen LogP) is 2.14. The van der Waals surface area contributed by atoms with E-state index in [1.54, 1.807) is 7.11 Å². The summed E-state index contributed by atoms with van der Waals surface area (Å²) in [6.07, 6.45) is 3.90. The molecule has 0 aromatic carbocycles. The van der Waals surface area contributed by atoms with E-state index in [9.17, 15) is 0 Å². The predicted molar refractivity (Wildman–Crippen MR) is 74.1 cm³/mol. The second kappa shape index (κ2) is 6.50. The molecule has 0 N–H and O–H groups in total. The molecule has 1 fully saturated rings. The molecule has 1 aromatic heterocycles. The van der Waals surface area contributed by atoms with Gasteiger partial charge in [-0.2, -0.15) is 5.10 Å². The fourth-order valence-electron chi connectivity index (χ4n) is 2.71. The van der Waals surface area contributed by atoms with Gasteiger partial charge in [0.1, 0.15) is 0 Å². The fourth-order valence-corrected chi connectivity index (χ4v) is 2.71. The van der Waals surface area contributed by atoms with E-state index in [2.05, 4.69) is 28.7 Å². The lowest BCUT2D eigenvalue weighted by Gasteiger charge is -2.30. The van der Waals surface area contributed by atoms with Gasteiger partial charge >= 0.3 is 0 Å². The van der Waals surface area contributed by atoms with Crippen molar-refractivity contribution in [1.82, 2.24) is 14.7 Å². The van der Waals surface area contributed by atoms with Crippen LogP contribution in [0, 0.1) is 6.92 Å². The Morgan fingerprint density at radius 2 is 2.11 bits per heavy atom. The highest BCUT2D eigenvalue weighted by Gasteiger charge is 2.23. The normalized spacial score (nSPS) is 19.8. The van der Waals surface area contributed by atoms with Crippen molar-refractivity contribution in [2.24, 2.45) is 0 Å². The summed E-state index contributed by atoms with van der Waals surface area (Å²) >= 11 is 0. The molecular weight excluding hydrogens is 242 g/mol. The SMILES string of the molecule is CCOC(OC)c1cnn(C2CCN(C)CC2)c1C. The van der Waals surface area contributed by atoms with Gasteiger partial charge in [0.15, 0.2) is 6.29 Å². The summed E-state index contributed by atoms with van der Waals surface area (Å²) in [6, 6.07) is 0.504. The molecule has 108 valence electrons. The molecule has 1 aromatic rings. The maximum absolute atomic E-state index is 5.59. The highest BCUT2D eigenvalue weighted by molar-refractivity contribution is 5.18. The van der Waals surface area contributed by atoms with E-state index in [-0.39, 0.29) is 6.29 Å². The summed E-state index contributed by atoms with van der Waals surface area (Å²) in [7, 11) is 3.85. The Morgan fingerprint density at radius 1 is 1.42 bits per heavy atom. The second-order valence-electron chi connectivity index (χ2n) is 5.19. The summed E-state index contributed by atoms with van der Waals surface area (Å²) < 4.78 is 13.1. The summed E-state index contributed by atoms with van der Waals surface area (Å²) in [4.78, 5) is 2.37. The van der Waals surface area contributed by atoms with Gasteiger partial charge in [0, 0.05) is 25.0 Å². The average Bonchev–Trinajstić information content (AvgIpc) is 2.79. The molecular formula is C14H25N3O2. The van der Waals surface area contributed by atoms with E-state index >= 15 is 0 Å². The summed E-state index contributed by atoms with van der Waals surface area (Å²) in [5.41, 5.74) is 2.21. The standard InChI is InChI=1S/C14H25N3O2/c1-5-19-14(18-4)13-10-15-17(11(13)2)12-6-8-16(3)9-7-12/h10,12,14H,5-9H2,1-4H3. The molecule has 19 heavy (non-hydrogen) atoms. The minimum Gasteiger partial charge on any atom is -0.352 e. The Balaban J connectivity index is 2.13. The van der Waals surface area contributed by atoms with E-state index in [1.807, 2.05) is 13.1 Å². The molecule has 0 spiro atoms. The van der Waals surface area contributed by atoms with Crippen LogP contribution in [0.5, 0.6) is 0 Å². The van der Waals surface area contributed by atoms with Crippen LogP contribution >= 0.6 is 0 Å². The molecule has 0 bridgehead atoms. The van der Waals surface area contributed by atoms with E-state index < -0.39 is 0 Å². The van der Waals surface area contributed by atoms with Gasteiger partial charge in [0.2, 0.25) is 0 Å². The number of rotatable bonds is 5. The van der Waals surface area contributed by atoms with Crippen molar-refractivity contribution in [2.45, 2.75) is 39.0 Å². The molecule has 0 aliphatic carbocycles. The van der Waals surface area contributed by atoms with Crippen molar-refractivity contribution in [2.75, 3.05) is 33.9 Å². The van der Waals surface area contributed by atoms with Gasteiger partial charge in [-0.25, -0.2) is 0 Å². The van der Waals surface area contributed by atoms with Crippen LogP contribution in [0.2, 0.25) is 0 Å². The van der Waals surface area contributed by atoms with Crippen LogP contribution in [0.25, 0.3) is 0 Å². The summed E-state index contributed by atoms with van der Waals surface area (Å²) in [6.45, 7) is 6.99. The zero-order valence-electron chi connectivity index (χ0n) is 12.4. The summed E-state index contributed by atoms with van der Waals surface area (Å²) in [5.74, 6) is 0. The van der Waals surface area contributed by atoms with Gasteiger partial charge in [0.25, 0.3) is 0 Å². The minimum atomic E-state index is -0.301. The maximum atomic E-state index is 5.59. The molecule has 1 aliphatic heterocycles. The van der Waals surface area contributed by atoms with Gasteiger partial charge in [-0.3, -0.25) is 4.68 Å². The van der Waals surface area contributed by atoms with Crippen molar-refractivity contribution in [1.29, 1.82) is 0 Å². The molecule has 5 heteroatoms. The molecule has 0 amide bonds. The molecule has 1 unspecified atom stereocenters. The van der Waals surface area contributed by atoms with Crippen molar-refractivity contribution >= 4 is 0 Å². The third-order valence-corrected chi connectivity index (χ3v) is 3.90. The van der Waals surface area contributed by atoms with Crippen molar-refractivity contribution in [3.05, 3.63) is 17.5 Å². The lowest BCUT2D eigenvalue weighted by molar-refractivity contribution is -0.124. The third kappa shape index (κ3) is 3.16. The topological polar surface area (TPSA) is 39.5 Å². The molecule has 0 radical (unpaired) electrons. The van der Waals surface area contributed by atoms with Crippen molar-refractivity contribution in [3.8, 4) is 0 Å². The Hall–Kier alpha value is -0.910. The number of piperidine rings is 1. The summed E-state index contributed by atoms with van der Waals surface area (Å²) in [5, 5.41) is 4.55. The number of ether oxygens (including phenoxy) is 2.